The lowest BCUT2D eigenvalue weighted by Gasteiger charge is -2.04. The first kappa shape index (κ1) is 12.6. The van der Waals surface area contributed by atoms with Crippen molar-refractivity contribution < 1.29 is 14.1 Å². The van der Waals surface area contributed by atoms with Gasteiger partial charge in [0.1, 0.15) is 0 Å². The van der Waals surface area contributed by atoms with Gasteiger partial charge >= 0.3 is 6.01 Å². The first-order chi connectivity index (χ1) is 8.56. The van der Waals surface area contributed by atoms with E-state index in [4.69, 9.17) is 4.74 Å². The number of non-ortho nitro benzene ring substituents is 1. The maximum atomic E-state index is 13.4. The molecule has 0 bridgehead atoms. The Morgan fingerprint density at radius 1 is 1.33 bits per heavy atom. The standard InChI is InChI=1S/C10H5FIN3O3/c11-8-2-1-7(15(16)17)3-9(8)18-10-13-4-6(12)5-14-10/h1-5H. The topological polar surface area (TPSA) is 78.2 Å². The maximum absolute atomic E-state index is 13.4. The van der Waals surface area contributed by atoms with Crippen LogP contribution in [0, 0.1) is 19.5 Å². The monoisotopic (exact) mass is 361 g/mol. The van der Waals surface area contributed by atoms with Crippen molar-refractivity contribution in [3.63, 3.8) is 0 Å². The summed E-state index contributed by atoms with van der Waals surface area (Å²) in [6.45, 7) is 0. The molecule has 1 aromatic carbocycles. The van der Waals surface area contributed by atoms with E-state index in [1.54, 1.807) is 0 Å². The van der Waals surface area contributed by atoms with Crippen molar-refractivity contribution >= 4 is 28.3 Å². The number of hydrogen-bond donors (Lipinski definition) is 0. The van der Waals surface area contributed by atoms with Crippen molar-refractivity contribution in [1.29, 1.82) is 0 Å². The maximum Gasteiger partial charge on any atom is 0.322 e. The fraction of sp³-hybridized carbons (Fsp3) is 0. The van der Waals surface area contributed by atoms with Crippen LogP contribution in [0.1, 0.15) is 0 Å². The minimum atomic E-state index is -0.720. The van der Waals surface area contributed by atoms with Gasteiger partial charge in [-0.2, -0.15) is 0 Å². The van der Waals surface area contributed by atoms with Crippen molar-refractivity contribution in [1.82, 2.24) is 9.97 Å². The van der Waals surface area contributed by atoms with Crippen LogP contribution in [0.25, 0.3) is 0 Å². The van der Waals surface area contributed by atoms with Crippen LogP contribution < -0.4 is 4.74 Å². The van der Waals surface area contributed by atoms with Gasteiger partial charge < -0.3 is 4.74 Å². The fourth-order valence-electron chi connectivity index (χ4n) is 1.14. The van der Waals surface area contributed by atoms with Crippen molar-refractivity contribution in [2.75, 3.05) is 0 Å². The molecule has 0 aliphatic heterocycles. The van der Waals surface area contributed by atoms with E-state index in [0.717, 1.165) is 21.8 Å². The van der Waals surface area contributed by atoms with Gasteiger partial charge in [-0.3, -0.25) is 10.1 Å². The molecule has 1 heterocycles. The van der Waals surface area contributed by atoms with E-state index in [2.05, 4.69) is 9.97 Å². The number of nitro benzene ring substituents is 1. The van der Waals surface area contributed by atoms with Gasteiger partial charge in [-0.05, 0) is 28.7 Å². The SMILES string of the molecule is O=[N+]([O-])c1ccc(F)c(Oc2ncc(I)cn2)c1. The summed E-state index contributed by atoms with van der Waals surface area (Å²) in [7, 11) is 0. The van der Waals surface area contributed by atoms with Crippen LogP contribution in [0.4, 0.5) is 10.1 Å². The van der Waals surface area contributed by atoms with E-state index in [0.29, 0.717) is 0 Å². The van der Waals surface area contributed by atoms with Gasteiger partial charge in [0, 0.05) is 22.0 Å². The van der Waals surface area contributed by atoms with Gasteiger partial charge in [0.2, 0.25) is 0 Å². The molecule has 0 fully saturated rings. The minimum absolute atomic E-state index is 0.0742. The van der Waals surface area contributed by atoms with Crippen molar-refractivity contribution in [2.45, 2.75) is 0 Å². The predicted molar refractivity (Wildman–Crippen MR) is 67.9 cm³/mol. The van der Waals surface area contributed by atoms with Crippen LogP contribution in [-0.2, 0) is 0 Å². The number of aromatic nitrogens is 2. The first-order valence-electron chi connectivity index (χ1n) is 4.65. The van der Waals surface area contributed by atoms with Gasteiger partial charge in [0.05, 0.1) is 11.0 Å². The zero-order valence-electron chi connectivity index (χ0n) is 8.71. The van der Waals surface area contributed by atoms with Crippen LogP contribution in [-0.4, -0.2) is 14.9 Å². The second-order valence-electron chi connectivity index (χ2n) is 3.16. The molecule has 8 heteroatoms. The van der Waals surface area contributed by atoms with Crippen LogP contribution in [0.3, 0.4) is 0 Å². The van der Waals surface area contributed by atoms with E-state index in [9.17, 15) is 14.5 Å². The highest BCUT2D eigenvalue weighted by Crippen LogP contribution is 2.26. The Labute approximate surface area is 114 Å². The van der Waals surface area contributed by atoms with Gasteiger partial charge in [0.15, 0.2) is 11.6 Å². The number of nitro groups is 1. The summed E-state index contributed by atoms with van der Waals surface area (Å²) in [4.78, 5) is 17.5. The Morgan fingerprint density at radius 2 is 2.00 bits per heavy atom. The Kier molecular flexibility index (Phi) is 3.65. The molecule has 92 valence electrons. The zero-order valence-corrected chi connectivity index (χ0v) is 10.9. The molecule has 0 radical (unpaired) electrons. The highest BCUT2D eigenvalue weighted by atomic mass is 127. The Balaban J connectivity index is 2.30. The summed E-state index contributed by atoms with van der Waals surface area (Å²) in [5, 5.41) is 10.6. The molecule has 0 atom stereocenters. The number of rotatable bonds is 3. The molecule has 2 aromatic rings. The lowest BCUT2D eigenvalue weighted by atomic mass is 10.3. The van der Waals surface area contributed by atoms with E-state index in [-0.39, 0.29) is 17.4 Å². The molecule has 0 aliphatic rings. The summed E-state index contributed by atoms with van der Waals surface area (Å²) >= 11 is 2.00. The number of benzene rings is 1. The molecule has 0 unspecified atom stereocenters. The zero-order chi connectivity index (χ0) is 13.1. The average molecular weight is 361 g/mol. The summed E-state index contributed by atoms with van der Waals surface area (Å²) in [6, 6.07) is 2.92. The molecular weight excluding hydrogens is 356 g/mol. The normalized spacial score (nSPS) is 10.1. The minimum Gasteiger partial charge on any atom is -0.421 e. The molecule has 2 rings (SSSR count). The third kappa shape index (κ3) is 2.88. The smallest absolute Gasteiger partial charge is 0.322 e. The molecule has 18 heavy (non-hydrogen) atoms. The molecule has 1 aromatic heterocycles. The largest absolute Gasteiger partial charge is 0.421 e. The Morgan fingerprint density at radius 3 is 2.61 bits per heavy atom. The first-order valence-corrected chi connectivity index (χ1v) is 5.73. The number of ether oxygens (including phenoxy) is 1. The van der Waals surface area contributed by atoms with E-state index in [1.807, 2.05) is 22.6 Å². The molecule has 0 saturated carbocycles. The van der Waals surface area contributed by atoms with Gasteiger partial charge in [-0.1, -0.05) is 0 Å². The van der Waals surface area contributed by atoms with Crippen LogP contribution in [0.15, 0.2) is 30.6 Å². The molecule has 0 amide bonds. The fourth-order valence-corrected chi connectivity index (χ4v) is 1.41. The van der Waals surface area contributed by atoms with Gasteiger partial charge in [-0.25, -0.2) is 14.4 Å². The molecular formula is C10H5FIN3O3. The second-order valence-corrected chi connectivity index (χ2v) is 4.40. The second kappa shape index (κ2) is 5.21. The molecule has 6 nitrogen and oxygen atoms in total. The third-order valence-corrected chi connectivity index (χ3v) is 2.48. The van der Waals surface area contributed by atoms with Crippen molar-refractivity contribution in [3.8, 4) is 11.8 Å². The lowest BCUT2D eigenvalue weighted by Crippen LogP contribution is -1.95. The van der Waals surface area contributed by atoms with Crippen LogP contribution in [0.2, 0.25) is 0 Å². The summed E-state index contributed by atoms with van der Waals surface area (Å²) in [5.74, 6) is -1.01. The van der Waals surface area contributed by atoms with Gasteiger partial charge in [-0.15, -0.1) is 0 Å². The summed E-state index contributed by atoms with van der Waals surface area (Å²) in [6.07, 6.45) is 2.97. The van der Waals surface area contributed by atoms with E-state index < -0.39 is 10.7 Å². The molecule has 0 aliphatic carbocycles. The predicted octanol–water partition coefficient (Wildman–Crippen LogP) is 2.92. The average Bonchev–Trinajstić information content (AvgIpc) is 2.34. The number of halogens is 2. The molecule has 0 spiro atoms. The summed E-state index contributed by atoms with van der Waals surface area (Å²) in [5.41, 5.74) is -0.267. The van der Waals surface area contributed by atoms with Crippen LogP contribution in [0.5, 0.6) is 11.8 Å². The highest BCUT2D eigenvalue weighted by molar-refractivity contribution is 14.1. The van der Waals surface area contributed by atoms with Crippen molar-refractivity contribution in [2.24, 2.45) is 0 Å². The Hall–Kier alpha value is -1.84. The Bertz CT molecular complexity index is 591. The van der Waals surface area contributed by atoms with Gasteiger partial charge in [0.25, 0.3) is 5.69 Å². The van der Waals surface area contributed by atoms with E-state index in [1.165, 1.54) is 12.4 Å². The molecule has 0 saturated heterocycles. The quantitative estimate of drug-likeness (QED) is 0.477. The number of hydrogen-bond acceptors (Lipinski definition) is 5. The molecule has 0 N–H and O–H groups in total. The van der Waals surface area contributed by atoms with Crippen molar-refractivity contribution in [3.05, 3.63) is 50.1 Å². The summed E-state index contributed by atoms with van der Waals surface area (Å²) < 4.78 is 19.2. The highest BCUT2D eigenvalue weighted by Gasteiger charge is 2.13. The van der Waals surface area contributed by atoms with E-state index >= 15 is 0 Å². The lowest BCUT2D eigenvalue weighted by molar-refractivity contribution is -0.385. The number of nitrogens with zero attached hydrogens (tertiary/aromatic N) is 3. The van der Waals surface area contributed by atoms with Crippen LogP contribution >= 0.6 is 22.6 Å². The third-order valence-electron chi connectivity index (χ3n) is 1.92.